The van der Waals surface area contributed by atoms with E-state index < -0.39 is 6.09 Å². The van der Waals surface area contributed by atoms with Gasteiger partial charge in [0.2, 0.25) is 0 Å². The molecule has 0 radical (unpaired) electrons. The lowest BCUT2D eigenvalue weighted by Crippen LogP contribution is -2.50. The van der Waals surface area contributed by atoms with E-state index in [-0.39, 0.29) is 23.8 Å². The molecule has 2 saturated heterocycles. The summed E-state index contributed by atoms with van der Waals surface area (Å²) in [6.45, 7) is 6.63. The fourth-order valence-electron chi connectivity index (χ4n) is 5.03. The molecule has 2 fully saturated rings. The first-order valence-electron chi connectivity index (χ1n) is 13.5. The molecule has 2 amide bonds. The summed E-state index contributed by atoms with van der Waals surface area (Å²) in [4.78, 5) is 42.9. The number of hydrogen-bond acceptors (Lipinski definition) is 8. The quantitative estimate of drug-likeness (QED) is 0.255. The van der Waals surface area contributed by atoms with Crippen LogP contribution < -0.4 is 10.2 Å². The number of carbonyl (C=O) groups is 3. The maximum atomic E-state index is 12.7. The van der Waals surface area contributed by atoms with Crippen LogP contribution in [0.2, 0.25) is 0 Å². The van der Waals surface area contributed by atoms with E-state index in [4.69, 9.17) is 14.9 Å². The van der Waals surface area contributed by atoms with Gasteiger partial charge in [-0.15, -0.1) is 0 Å². The number of ether oxygens (including phenoxy) is 2. The lowest BCUT2D eigenvalue weighted by Gasteiger charge is -2.34. The third-order valence-electron chi connectivity index (χ3n) is 7.18. The lowest BCUT2D eigenvalue weighted by atomic mass is 10.1. The first-order chi connectivity index (χ1) is 19.4. The number of nitrogens with one attached hydrogen (secondary N) is 2. The Balaban J connectivity index is 1.12. The zero-order chi connectivity index (χ0) is 28.1. The molecule has 1 atom stereocenters. The minimum Gasteiger partial charge on any atom is -0.465 e. The Kier molecular flexibility index (Phi) is 8.37. The number of nitrogens with zero attached hydrogens (tertiary/aromatic N) is 3. The van der Waals surface area contributed by atoms with Crippen molar-refractivity contribution in [3.8, 4) is 0 Å². The van der Waals surface area contributed by atoms with Crippen LogP contribution in [0.1, 0.15) is 22.8 Å². The SMILES string of the molecule is CCOC(=O)CN1CCN(CC2CN(c3ccc(C(=N)NC(=O)c4ccc5ccccc5c4)cc3)C(=O)O2)CC1. The molecule has 0 spiro atoms. The van der Waals surface area contributed by atoms with E-state index in [1.807, 2.05) is 30.3 Å². The predicted octanol–water partition coefficient (Wildman–Crippen LogP) is 3.10. The second-order valence-corrected chi connectivity index (χ2v) is 9.94. The third-order valence-corrected chi connectivity index (χ3v) is 7.18. The topological polar surface area (TPSA) is 115 Å². The second-order valence-electron chi connectivity index (χ2n) is 9.94. The van der Waals surface area contributed by atoms with Crippen molar-refractivity contribution in [1.82, 2.24) is 15.1 Å². The summed E-state index contributed by atoms with van der Waals surface area (Å²) < 4.78 is 10.6. The van der Waals surface area contributed by atoms with Gasteiger partial charge in [-0.1, -0.05) is 30.3 Å². The van der Waals surface area contributed by atoms with Gasteiger partial charge in [0, 0.05) is 49.5 Å². The van der Waals surface area contributed by atoms with E-state index in [0.29, 0.717) is 43.1 Å². The van der Waals surface area contributed by atoms with Gasteiger partial charge in [-0.2, -0.15) is 0 Å². The standard InChI is InChI=1S/C30H33N5O5/c1-2-39-27(36)20-34-15-13-33(14-16-34)18-26-19-35(30(38)40-26)25-11-9-22(10-12-25)28(31)32-29(37)24-8-7-21-5-3-4-6-23(21)17-24/h3-12,17,26H,2,13-16,18-20H2,1H3,(H2,31,32,37). The highest BCUT2D eigenvalue weighted by molar-refractivity contribution is 6.12. The zero-order valence-electron chi connectivity index (χ0n) is 22.5. The third kappa shape index (κ3) is 6.47. The predicted molar refractivity (Wildman–Crippen MR) is 152 cm³/mol. The Morgan fingerprint density at radius 3 is 2.35 bits per heavy atom. The first-order valence-corrected chi connectivity index (χ1v) is 13.5. The smallest absolute Gasteiger partial charge is 0.414 e. The van der Waals surface area contributed by atoms with Crippen LogP contribution in [0.25, 0.3) is 10.8 Å². The number of cyclic esters (lactones) is 1. The number of anilines is 1. The largest absolute Gasteiger partial charge is 0.465 e. The van der Waals surface area contributed by atoms with E-state index in [1.54, 1.807) is 48.2 Å². The first kappa shape index (κ1) is 27.3. The summed E-state index contributed by atoms with van der Waals surface area (Å²) in [6, 6.07) is 20.2. The number of esters is 1. The Hall–Kier alpha value is -4.28. The number of amidine groups is 1. The minimum absolute atomic E-state index is 0.0197. The number of carbonyl (C=O) groups excluding carboxylic acids is 3. The number of piperazine rings is 1. The lowest BCUT2D eigenvalue weighted by molar-refractivity contribution is -0.144. The molecular weight excluding hydrogens is 510 g/mol. The molecule has 3 aromatic rings. The van der Waals surface area contributed by atoms with Crippen molar-refractivity contribution in [1.29, 1.82) is 5.41 Å². The van der Waals surface area contributed by atoms with Crippen molar-refractivity contribution in [2.24, 2.45) is 0 Å². The Bertz CT molecular complexity index is 1400. The molecular formula is C30H33N5O5. The normalized spacial score (nSPS) is 18.0. The van der Waals surface area contributed by atoms with E-state index in [2.05, 4.69) is 15.1 Å². The van der Waals surface area contributed by atoms with Gasteiger partial charge in [-0.25, -0.2) is 4.79 Å². The van der Waals surface area contributed by atoms with Gasteiger partial charge >= 0.3 is 12.1 Å². The molecule has 5 rings (SSSR count). The van der Waals surface area contributed by atoms with E-state index >= 15 is 0 Å². The van der Waals surface area contributed by atoms with Gasteiger partial charge in [0.1, 0.15) is 11.9 Å². The van der Waals surface area contributed by atoms with Crippen LogP contribution >= 0.6 is 0 Å². The van der Waals surface area contributed by atoms with Gasteiger partial charge in [0.25, 0.3) is 5.91 Å². The maximum Gasteiger partial charge on any atom is 0.414 e. The van der Waals surface area contributed by atoms with Crippen molar-refractivity contribution < 1.29 is 23.9 Å². The van der Waals surface area contributed by atoms with Crippen molar-refractivity contribution in [3.63, 3.8) is 0 Å². The molecule has 3 aromatic carbocycles. The molecule has 0 bridgehead atoms. The van der Waals surface area contributed by atoms with E-state index in [1.165, 1.54) is 0 Å². The van der Waals surface area contributed by atoms with Gasteiger partial charge < -0.3 is 14.8 Å². The van der Waals surface area contributed by atoms with Gasteiger partial charge in [-0.05, 0) is 54.1 Å². The fraction of sp³-hybridized carbons (Fsp3) is 0.333. The average molecular weight is 544 g/mol. The van der Waals surface area contributed by atoms with Crippen molar-refractivity contribution in [2.75, 3.05) is 57.3 Å². The van der Waals surface area contributed by atoms with Gasteiger partial charge in [0.15, 0.2) is 0 Å². The van der Waals surface area contributed by atoms with Crippen LogP contribution in [0, 0.1) is 5.41 Å². The Morgan fingerprint density at radius 1 is 0.950 bits per heavy atom. The monoisotopic (exact) mass is 543 g/mol. The average Bonchev–Trinajstić information content (AvgIpc) is 3.33. The van der Waals surface area contributed by atoms with Crippen LogP contribution in [0.15, 0.2) is 66.7 Å². The molecule has 0 saturated carbocycles. The number of amides is 2. The Morgan fingerprint density at radius 2 is 1.62 bits per heavy atom. The van der Waals surface area contributed by atoms with E-state index in [0.717, 1.165) is 37.0 Å². The fourth-order valence-corrected chi connectivity index (χ4v) is 5.03. The number of rotatable bonds is 8. The second kappa shape index (κ2) is 12.3. The van der Waals surface area contributed by atoms with Crippen LogP contribution in [0.4, 0.5) is 10.5 Å². The summed E-state index contributed by atoms with van der Waals surface area (Å²) >= 11 is 0. The highest BCUT2D eigenvalue weighted by Crippen LogP contribution is 2.23. The number of hydrogen-bond donors (Lipinski definition) is 2. The molecule has 40 heavy (non-hydrogen) atoms. The molecule has 2 heterocycles. The molecule has 2 aliphatic heterocycles. The maximum absolute atomic E-state index is 12.7. The molecule has 208 valence electrons. The van der Waals surface area contributed by atoms with Crippen molar-refractivity contribution in [3.05, 3.63) is 77.9 Å². The molecule has 0 aliphatic carbocycles. The summed E-state index contributed by atoms with van der Waals surface area (Å²) in [5.41, 5.74) is 1.68. The highest BCUT2D eigenvalue weighted by atomic mass is 16.6. The molecule has 1 unspecified atom stereocenters. The summed E-state index contributed by atoms with van der Waals surface area (Å²) in [6.07, 6.45) is -0.665. The van der Waals surface area contributed by atoms with Crippen molar-refractivity contribution in [2.45, 2.75) is 13.0 Å². The number of fused-ring (bicyclic) bond motifs is 1. The zero-order valence-corrected chi connectivity index (χ0v) is 22.5. The summed E-state index contributed by atoms with van der Waals surface area (Å²) in [7, 11) is 0. The minimum atomic E-state index is -0.404. The van der Waals surface area contributed by atoms with Crippen LogP contribution in [-0.2, 0) is 14.3 Å². The van der Waals surface area contributed by atoms with Crippen LogP contribution in [0.5, 0.6) is 0 Å². The van der Waals surface area contributed by atoms with E-state index in [9.17, 15) is 14.4 Å². The molecule has 10 nitrogen and oxygen atoms in total. The van der Waals surface area contributed by atoms with Gasteiger partial charge in [-0.3, -0.25) is 29.7 Å². The molecule has 10 heteroatoms. The molecule has 2 aliphatic rings. The molecule has 0 aromatic heterocycles. The van der Waals surface area contributed by atoms with Crippen LogP contribution in [-0.4, -0.2) is 92.1 Å². The van der Waals surface area contributed by atoms with Crippen LogP contribution in [0.3, 0.4) is 0 Å². The van der Waals surface area contributed by atoms with Gasteiger partial charge in [0.05, 0.1) is 19.7 Å². The number of benzene rings is 3. The Labute approximate surface area is 232 Å². The summed E-state index contributed by atoms with van der Waals surface area (Å²) in [5.74, 6) is -0.578. The molecule has 2 N–H and O–H groups in total. The van der Waals surface area contributed by atoms with Crippen molar-refractivity contribution >= 4 is 40.3 Å². The highest BCUT2D eigenvalue weighted by Gasteiger charge is 2.34. The summed E-state index contributed by atoms with van der Waals surface area (Å²) in [5, 5.41) is 13.0.